The van der Waals surface area contributed by atoms with Gasteiger partial charge in [0.2, 0.25) is 0 Å². The van der Waals surface area contributed by atoms with Crippen LogP contribution in [0.2, 0.25) is 5.02 Å². The van der Waals surface area contributed by atoms with Crippen molar-refractivity contribution in [3.05, 3.63) is 39.3 Å². The first-order valence-corrected chi connectivity index (χ1v) is 9.54. The Hall–Kier alpha value is -2.19. The summed E-state index contributed by atoms with van der Waals surface area (Å²) in [5, 5.41) is 5.32. The zero-order chi connectivity index (χ0) is 19.3. The Morgan fingerprint density at radius 2 is 1.93 bits per heavy atom. The summed E-state index contributed by atoms with van der Waals surface area (Å²) in [6.07, 6.45) is 6.35. The number of primary amides is 1. The topological polar surface area (TPSA) is 102 Å². The molecule has 2 N–H and O–H groups in total. The number of nitrogens with zero attached hydrogens (tertiary/aromatic N) is 2. The van der Waals surface area contributed by atoms with Crippen molar-refractivity contribution >= 4 is 51.5 Å². The highest BCUT2D eigenvalue weighted by Crippen LogP contribution is 2.52. The number of amides is 3. The Morgan fingerprint density at radius 1 is 1.30 bits per heavy atom. The molecule has 27 heavy (non-hydrogen) atoms. The molecule has 2 aliphatic carbocycles. The highest BCUT2D eigenvalue weighted by Gasteiger charge is 2.59. The molecule has 4 unspecified atom stereocenters. The number of allylic oxidation sites excluding steroid dienone is 2. The van der Waals surface area contributed by atoms with Crippen LogP contribution in [0.3, 0.4) is 0 Å². The van der Waals surface area contributed by atoms with Crippen molar-refractivity contribution in [2.24, 2.45) is 34.5 Å². The van der Waals surface area contributed by atoms with Crippen LogP contribution in [0.1, 0.15) is 12.0 Å². The lowest BCUT2D eigenvalue weighted by Crippen LogP contribution is -2.28. The van der Waals surface area contributed by atoms with E-state index in [1.165, 1.54) is 6.21 Å². The highest BCUT2D eigenvalue weighted by molar-refractivity contribution is 9.10. The monoisotopic (exact) mass is 451 g/mol. The van der Waals surface area contributed by atoms with Crippen LogP contribution in [0.5, 0.6) is 5.75 Å². The first-order chi connectivity index (χ1) is 12.9. The van der Waals surface area contributed by atoms with Crippen LogP contribution in [-0.4, -0.2) is 35.6 Å². The number of halogens is 2. The Morgan fingerprint density at radius 3 is 2.48 bits per heavy atom. The van der Waals surface area contributed by atoms with Crippen LogP contribution >= 0.6 is 27.5 Å². The third-order valence-electron chi connectivity index (χ3n) is 5.15. The van der Waals surface area contributed by atoms with Crippen LogP contribution in [0.4, 0.5) is 0 Å². The van der Waals surface area contributed by atoms with Crippen LogP contribution < -0.4 is 10.5 Å². The number of hydrogen-bond donors (Lipinski definition) is 1. The number of imide groups is 1. The molecule has 3 aliphatic rings. The fourth-order valence-corrected chi connectivity index (χ4v) is 5.05. The lowest BCUT2D eigenvalue weighted by atomic mass is 9.85. The van der Waals surface area contributed by atoms with Gasteiger partial charge in [-0.3, -0.25) is 14.4 Å². The summed E-state index contributed by atoms with van der Waals surface area (Å²) in [4.78, 5) is 36.1. The largest absolute Gasteiger partial charge is 0.481 e. The van der Waals surface area contributed by atoms with Crippen molar-refractivity contribution in [3.63, 3.8) is 0 Å². The number of carbonyl (C=O) groups excluding carboxylic acids is 3. The van der Waals surface area contributed by atoms with Gasteiger partial charge in [-0.25, -0.2) is 0 Å². The Balaban J connectivity index is 1.53. The van der Waals surface area contributed by atoms with E-state index in [9.17, 15) is 14.4 Å². The summed E-state index contributed by atoms with van der Waals surface area (Å²) >= 11 is 9.48. The van der Waals surface area contributed by atoms with Gasteiger partial charge in [0.1, 0.15) is 0 Å². The van der Waals surface area contributed by atoms with E-state index in [0.29, 0.717) is 10.0 Å². The molecule has 1 saturated heterocycles. The van der Waals surface area contributed by atoms with Gasteiger partial charge >= 0.3 is 0 Å². The molecule has 0 aromatic heterocycles. The molecule has 3 amide bonds. The van der Waals surface area contributed by atoms with Crippen molar-refractivity contribution in [2.75, 3.05) is 6.61 Å². The molecule has 4 rings (SSSR count). The fourth-order valence-electron chi connectivity index (χ4n) is 4.06. The second-order valence-corrected chi connectivity index (χ2v) is 8.06. The lowest BCUT2D eigenvalue weighted by molar-refractivity contribution is -0.140. The van der Waals surface area contributed by atoms with Crippen molar-refractivity contribution in [1.29, 1.82) is 0 Å². The minimum Gasteiger partial charge on any atom is -0.481 e. The van der Waals surface area contributed by atoms with Crippen LogP contribution in [0.15, 0.2) is 33.9 Å². The van der Waals surface area contributed by atoms with E-state index in [1.807, 2.05) is 12.2 Å². The van der Waals surface area contributed by atoms with E-state index in [1.54, 1.807) is 12.1 Å². The molecule has 0 spiro atoms. The smallest absolute Gasteiger partial charge is 0.255 e. The highest BCUT2D eigenvalue weighted by atomic mass is 79.9. The Kier molecular flexibility index (Phi) is 4.55. The van der Waals surface area contributed by atoms with Crippen molar-refractivity contribution in [1.82, 2.24) is 5.01 Å². The van der Waals surface area contributed by atoms with Crippen LogP contribution in [-0.2, 0) is 14.4 Å². The molecule has 2 bridgehead atoms. The van der Waals surface area contributed by atoms with Gasteiger partial charge in [-0.05, 0) is 51.9 Å². The SMILES string of the molecule is NC(=O)COc1c(Cl)cc(C=NN2C(=O)C3C4C=CC(C4)C3C2=O)cc1Br. The van der Waals surface area contributed by atoms with Gasteiger partial charge in [-0.2, -0.15) is 10.1 Å². The number of benzene rings is 1. The van der Waals surface area contributed by atoms with E-state index < -0.39 is 5.91 Å². The van der Waals surface area contributed by atoms with Gasteiger partial charge in [0.15, 0.2) is 12.4 Å². The molecule has 1 aliphatic heterocycles. The first kappa shape index (κ1) is 18.2. The molecule has 1 aromatic carbocycles. The minimum atomic E-state index is -0.622. The zero-order valence-corrected chi connectivity index (χ0v) is 16.3. The molecular formula is C18H15BrClN3O4. The normalized spacial score (nSPS) is 28.4. The maximum atomic E-state index is 12.6. The third kappa shape index (κ3) is 3.06. The van der Waals surface area contributed by atoms with E-state index in [0.717, 1.165) is 11.4 Å². The second kappa shape index (κ2) is 6.76. The number of hydrogen-bond acceptors (Lipinski definition) is 5. The zero-order valence-electron chi connectivity index (χ0n) is 14.0. The van der Waals surface area contributed by atoms with E-state index in [-0.39, 0.29) is 52.9 Å². The average molecular weight is 453 g/mol. The molecule has 9 heteroatoms. The molecule has 2 fully saturated rings. The Bertz CT molecular complexity index is 863. The van der Waals surface area contributed by atoms with Crippen molar-refractivity contribution < 1.29 is 19.1 Å². The quantitative estimate of drug-likeness (QED) is 0.420. The summed E-state index contributed by atoms with van der Waals surface area (Å²) in [5.74, 6) is -1.13. The lowest BCUT2D eigenvalue weighted by Gasteiger charge is -2.13. The average Bonchev–Trinajstić information content (AvgIpc) is 3.27. The van der Waals surface area contributed by atoms with Gasteiger partial charge in [0.05, 0.1) is 27.5 Å². The van der Waals surface area contributed by atoms with E-state index in [4.69, 9.17) is 22.1 Å². The van der Waals surface area contributed by atoms with Gasteiger partial charge in [0, 0.05) is 0 Å². The van der Waals surface area contributed by atoms with Gasteiger partial charge < -0.3 is 10.5 Å². The Labute approximate surface area is 168 Å². The number of hydrazone groups is 1. The number of rotatable bonds is 5. The van der Waals surface area contributed by atoms with E-state index >= 15 is 0 Å². The van der Waals surface area contributed by atoms with Crippen molar-refractivity contribution in [2.45, 2.75) is 6.42 Å². The van der Waals surface area contributed by atoms with Crippen molar-refractivity contribution in [3.8, 4) is 5.75 Å². The second-order valence-electron chi connectivity index (χ2n) is 6.80. The summed E-state index contributed by atoms with van der Waals surface area (Å²) in [6, 6.07) is 3.21. The van der Waals surface area contributed by atoms with Crippen LogP contribution in [0, 0.1) is 23.7 Å². The minimum absolute atomic E-state index is 0.141. The molecule has 1 aromatic rings. The molecule has 140 valence electrons. The van der Waals surface area contributed by atoms with Gasteiger partial charge in [-0.1, -0.05) is 23.8 Å². The number of fused-ring (bicyclic) bond motifs is 5. The fraction of sp³-hybridized carbons (Fsp3) is 0.333. The molecule has 7 nitrogen and oxygen atoms in total. The number of ether oxygens (including phenoxy) is 1. The molecule has 1 saturated carbocycles. The first-order valence-electron chi connectivity index (χ1n) is 8.37. The van der Waals surface area contributed by atoms with E-state index in [2.05, 4.69) is 21.0 Å². The van der Waals surface area contributed by atoms with Crippen LogP contribution in [0.25, 0.3) is 0 Å². The predicted molar refractivity (Wildman–Crippen MR) is 101 cm³/mol. The molecule has 0 radical (unpaired) electrons. The number of carbonyl (C=O) groups is 3. The summed E-state index contributed by atoms with van der Waals surface area (Å²) < 4.78 is 5.75. The van der Waals surface area contributed by atoms with Gasteiger partial charge in [0.25, 0.3) is 17.7 Å². The maximum Gasteiger partial charge on any atom is 0.255 e. The molecule has 1 heterocycles. The summed E-state index contributed by atoms with van der Waals surface area (Å²) in [6.45, 7) is -0.304. The summed E-state index contributed by atoms with van der Waals surface area (Å²) in [5.41, 5.74) is 5.63. The predicted octanol–water partition coefficient (Wildman–Crippen LogP) is 2.11. The standard InChI is InChI=1S/C18H15BrClN3O4/c19-11-3-8(4-12(20)16(11)27-7-13(21)24)6-22-23-17(25)14-9-1-2-10(5-9)15(14)18(23)26/h1-4,6,9-10,14-15H,5,7H2,(H2,21,24). The maximum absolute atomic E-state index is 12.6. The summed E-state index contributed by atoms with van der Waals surface area (Å²) in [7, 11) is 0. The molecular weight excluding hydrogens is 438 g/mol. The van der Waals surface area contributed by atoms with Gasteiger partial charge in [-0.15, -0.1) is 0 Å². The number of nitrogens with two attached hydrogens (primary N) is 1. The molecule has 4 atom stereocenters. The third-order valence-corrected chi connectivity index (χ3v) is 6.02.